The van der Waals surface area contributed by atoms with Crippen LogP contribution in [0.4, 0.5) is 0 Å². The summed E-state index contributed by atoms with van der Waals surface area (Å²) in [6, 6.07) is 1.16. The Labute approximate surface area is 106 Å². The normalized spacial score (nSPS) is 28.4. The van der Waals surface area contributed by atoms with Gasteiger partial charge in [-0.3, -0.25) is 0 Å². The van der Waals surface area contributed by atoms with Crippen LogP contribution in [0.25, 0.3) is 0 Å². The van der Waals surface area contributed by atoms with Crippen LogP contribution in [0.1, 0.15) is 71.6 Å². The van der Waals surface area contributed by atoms with Crippen molar-refractivity contribution in [1.29, 1.82) is 0 Å². The molecule has 0 aromatic heterocycles. The van der Waals surface area contributed by atoms with Crippen molar-refractivity contribution in [2.75, 3.05) is 0 Å². The molecule has 0 aliphatic heterocycles. The van der Waals surface area contributed by atoms with Gasteiger partial charge < -0.3 is 10.4 Å². The van der Waals surface area contributed by atoms with Gasteiger partial charge in [-0.15, -0.1) is 0 Å². The van der Waals surface area contributed by atoms with Gasteiger partial charge in [-0.2, -0.15) is 0 Å². The van der Waals surface area contributed by atoms with Crippen LogP contribution in [0.5, 0.6) is 0 Å². The molecule has 2 atom stereocenters. The molecule has 2 rings (SSSR count). The molecule has 2 fully saturated rings. The van der Waals surface area contributed by atoms with Gasteiger partial charge in [-0.05, 0) is 64.2 Å². The topological polar surface area (TPSA) is 32.3 Å². The number of aliphatic hydroxyl groups excluding tert-OH is 1. The largest absolute Gasteiger partial charge is 0.393 e. The van der Waals surface area contributed by atoms with Crippen LogP contribution in [0, 0.1) is 5.41 Å². The Hall–Kier alpha value is -0.0800. The molecular weight excluding hydrogens is 210 g/mol. The van der Waals surface area contributed by atoms with Gasteiger partial charge in [0.15, 0.2) is 0 Å². The molecule has 2 saturated carbocycles. The monoisotopic (exact) mass is 239 g/mol. The summed E-state index contributed by atoms with van der Waals surface area (Å²) >= 11 is 0. The second kappa shape index (κ2) is 5.71. The summed E-state index contributed by atoms with van der Waals surface area (Å²) in [6.07, 6.45) is 12.2. The van der Waals surface area contributed by atoms with Crippen LogP contribution in [-0.4, -0.2) is 23.3 Å². The van der Waals surface area contributed by atoms with Gasteiger partial charge in [0.2, 0.25) is 0 Å². The molecule has 1 spiro atoms. The summed E-state index contributed by atoms with van der Waals surface area (Å²) in [5.41, 5.74) is 0.742. The average Bonchev–Trinajstić information content (AvgIpc) is 2.69. The van der Waals surface area contributed by atoms with E-state index in [0.29, 0.717) is 12.1 Å². The van der Waals surface area contributed by atoms with E-state index in [1.54, 1.807) is 0 Å². The van der Waals surface area contributed by atoms with Gasteiger partial charge >= 0.3 is 0 Å². The lowest BCUT2D eigenvalue weighted by Crippen LogP contribution is -2.42. The van der Waals surface area contributed by atoms with E-state index >= 15 is 0 Å². The Morgan fingerprint density at radius 1 is 1.12 bits per heavy atom. The number of nitrogens with one attached hydrogen (secondary N) is 1. The van der Waals surface area contributed by atoms with Gasteiger partial charge in [0, 0.05) is 12.1 Å². The van der Waals surface area contributed by atoms with Crippen LogP contribution in [-0.2, 0) is 0 Å². The Morgan fingerprint density at radius 3 is 2.24 bits per heavy atom. The van der Waals surface area contributed by atoms with E-state index in [2.05, 4.69) is 12.2 Å². The van der Waals surface area contributed by atoms with Crippen molar-refractivity contribution in [3.05, 3.63) is 0 Å². The SMILES string of the molecule is CC(O)CC(C)NC1CCC2(CCCC2)CC1. The van der Waals surface area contributed by atoms with E-state index < -0.39 is 0 Å². The van der Waals surface area contributed by atoms with Crippen LogP contribution < -0.4 is 5.32 Å². The van der Waals surface area contributed by atoms with Crippen molar-refractivity contribution in [3.8, 4) is 0 Å². The first-order valence-electron chi connectivity index (χ1n) is 7.54. The zero-order chi connectivity index (χ0) is 12.3. The summed E-state index contributed by atoms with van der Waals surface area (Å²) in [7, 11) is 0. The molecular formula is C15H29NO. The summed E-state index contributed by atoms with van der Waals surface area (Å²) in [5.74, 6) is 0. The van der Waals surface area contributed by atoms with Gasteiger partial charge in [-0.1, -0.05) is 12.8 Å². The third-order valence-corrected chi connectivity index (χ3v) is 4.93. The molecule has 0 aromatic rings. The second-order valence-electron chi connectivity index (χ2n) is 6.63. The van der Waals surface area contributed by atoms with Crippen molar-refractivity contribution in [2.45, 2.75) is 89.8 Å². The van der Waals surface area contributed by atoms with E-state index in [-0.39, 0.29) is 6.10 Å². The quantitative estimate of drug-likeness (QED) is 0.789. The van der Waals surface area contributed by atoms with Crippen molar-refractivity contribution < 1.29 is 5.11 Å². The molecule has 2 aliphatic rings. The molecule has 100 valence electrons. The first-order valence-corrected chi connectivity index (χ1v) is 7.54. The Bertz CT molecular complexity index is 223. The number of rotatable bonds is 4. The zero-order valence-electron chi connectivity index (χ0n) is 11.5. The maximum atomic E-state index is 9.38. The lowest BCUT2D eigenvalue weighted by molar-refractivity contribution is 0.143. The van der Waals surface area contributed by atoms with E-state index in [9.17, 15) is 5.11 Å². The molecule has 2 aliphatic carbocycles. The maximum absolute atomic E-state index is 9.38. The van der Waals surface area contributed by atoms with E-state index in [4.69, 9.17) is 0 Å². The average molecular weight is 239 g/mol. The maximum Gasteiger partial charge on any atom is 0.0526 e. The van der Waals surface area contributed by atoms with Crippen LogP contribution in [0.2, 0.25) is 0 Å². The van der Waals surface area contributed by atoms with Crippen LogP contribution >= 0.6 is 0 Å². The molecule has 0 saturated heterocycles. The summed E-state index contributed by atoms with van der Waals surface area (Å²) < 4.78 is 0. The molecule has 0 heterocycles. The van der Waals surface area contributed by atoms with Crippen LogP contribution in [0.3, 0.4) is 0 Å². The summed E-state index contributed by atoms with van der Waals surface area (Å²) in [5, 5.41) is 13.1. The summed E-state index contributed by atoms with van der Waals surface area (Å²) in [6.45, 7) is 4.08. The van der Waals surface area contributed by atoms with Gasteiger partial charge in [-0.25, -0.2) is 0 Å². The van der Waals surface area contributed by atoms with E-state index in [1.165, 1.54) is 51.4 Å². The third kappa shape index (κ3) is 3.69. The molecule has 2 unspecified atom stereocenters. The van der Waals surface area contributed by atoms with Gasteiger partial charge in [0.05, 0.1) is 6.10 Å². The lowest BCUT2D eigenvalue weighted by Gasteiger charge is -2.38. The Kier molecular flexibility index (Phi) is 4.48. The standard InChI is InChI=1S/C15H29NO/c1-12(11-13(2)17)16-14-5-9-15(10-6-14)7-3-4-8-15/h12-14,16-17H,3-11H2,1-2H3. The fourth-order valence-corrected chi connectivity index (χ4v) is 4.00. The molecule has 0 bridgehead atoms. The van der Waals surface area contributed by atoms with Crippen molar-refractivity contribution >= 4 is 0 Å². The van der Waals surface area contributed by atoms with Crippen molar-refractivity contribution in [1.82, 2.24) is 5.32 Å². The lowest BCUT2D eigenvalue weighted by atomic mass is 9.71. The first kappa shape index (κ1) is 13.4. The van der Waals surface area contributed by atoms with E-state index in [1.807, 2.05) is 6.92 Å². The second-order valence-corrected chi connectivity index (χ2v) is 6.63. The minimum Gasteiger partial charge on any atom is -0.393 e. The highest BCUT2D eigenvalue weighted by Gasteiger charge is 2.37. The first-order chi connectivity index (χ1) is 8.10. The number of hydrogen-bond acceptors (Lipinski definition) is 2. The molecule has 2 heteroatoms. The smallest absolute Gasteiger partial charge is 0.0526 e. The highest BCUT2D eigenvalue weighted by molar-refractivity contribution is 4.91. The highest BCUT2D eigenvalue weighted by Crippen LogP contribution is 2.48. The zero-order valence-corrected chi connectivity index (χ0v) is 11.5. The fourth-order valence-electron chi connectivity index (χ4n) is 4.00. The van der Waals surface area contributed by atoms with Gasteiger partial charge in [0.25, 0.3) is 0 Å². The van der Waals surface area contributed by atoms with E-state index in [0.717, 1.165) is 11.8 Å². The number of hydrogen-bond donors (Lipinski definition) is 2. The molecule has 0 amide bonds. The minimum absolute atomic E-state index is 0.178. The Morgan fingerprint density at radius 2 is 1.71 bits per heavy atom. The molecule has 17 heavy (non-hydrogen) atoms. The fraction of sp³-hybridized carbons (Fsp3) is 1.00. The molecule has 0 aromatic carbocycles. The Balaban J connectivity index is 1.71. The van der Waals surface area contributed by atoms with Crippen molar-refractivity contribution in [3.63, 3.8) is 0 Å². The number of aliphatic hydroxyl groups is 1. The third-order valence-electron chi connectivity index (χ3n) is 4.93. The minimum atomic E-state index is -0.178. The van der Waals surface area contributed by atoms with Crippen LogP contribution in [0.15, 0.2) is 0 Å². The van der Waals surface area contributed by atoms with Crippen molar-refractivity contribution in [2.24, 2.45) is 5.41 Å². The highest BCUT2D eigenvalue weighted by atomic mass is 16.3. The summed E-state index contributed by atoms with van der Waals surface area (Å²) in [4.78, 5) is 0. The van der Waals surface area contributed by atoms with Gasteiger partial charge in [0.1, 0.15) is 0 Å². The predicted octanol–water partition coefficient (Wildman–Crippen LogP) is 3.24. The predicted molar refractivity (Wildman–Crippen MR) is 72.1 cm³/mol. The molecule has 0 radical (unpaired) electrons. The molecule has 2 nitrogen and oxygen atoms in total. The molecule has 2 N–H and O–H groups in total.